The van der Waals surface area contributed by atoms with Gasteiger partial charge in [-0.15, -0.1) is 0 Å². The van der Waals surface area contributed by atoms with Crippen LogP contribution in [0.25, 0.3) is 0 Å². The number of hydrogen-bond acceptors (Lipinski definition) is 7. The summed E-state index contributed by atoms with van der Waals surface area (Å²) in [5, 5.41) is 0. The smallest absolute Gasteiger partial charge is 0.330 e. The summed E-state index contributed by atoms with van der Waals surface area (Å²) in [7, 11) is 0. The lowest BCUT2D eigenvalue weighted by Crippen LogP contribution is -2.32. The number of esters is 2. The van der Waals surface area contributed by atoms with E-state index >= 15 is 0 Å². The lowest BCUT2D eigenvalue weighted by Gasteiger charge is -2.19. The lowest BCUT2D eigenvalue weighted by molar-refractivity contribution is -0.158. The number of rotatable bonds is 12. The van der Waals surface area contributed by atoms with Crippen molar-refractivity contribution in [3.63, 3.8) is 0 Å². The largest absolute Gasteiger partial charge is 0.463 e. The molecule has 1 aliphatic heterocycles. The normalized spacial score (nSPS) is 20.8. The molecule has 1 aromatic rings. The quantitative estimate of drug-likeness (QED) is 0.404. The van der Waals surface area contributed by atoms with Crippen LogP contribution in [0.4, 0.5) is 0 Å². The van der Waals surface area contributed by atoms with Gasteiger partial charge in [-0.05, 0) is 12.8 Å². The Morgan fingerprint density at radius 1 is 1.10 bits per heavy atom. The maximum Gasteiger partial charge on any atom is 0.330 e. The minimum Gasteiger partial charge on any atom is -0.463 e. The van der Waals surface area contributed by atoms with Crippen LogP contribution in [0.1, 0.15) is 77.9 Å². The minimum atomic E-state index is -0.730. The zero-order valence-electron chi connectivity index (χ0n) is 17.8. The Morgan fingerprint density at radius 2 is 1.77 bits per heavy atom. The maximum atomic E-state index is 12.2. The van der Waals surface area contributed by atoms with Crippen molar-refractivity contribution in [1.82, 2.24) is 9.55 Å². The molecule has 2 heterocycles. The SMILES string of the molecule is CCCCCC(=O)OC[C@H]1O[C@@H](n2ccc(=O)[nH]c2=O)C[C@@H]1OC(=O)CCCCC. The molecule has 168 valence electrons. The van der Waals surface area contributed by atoms with E-state index in [2.05, 4.69) is 11.9 Å². The number of aromatic amines is 1. The molecule has 1 aromatic heterocycles. The molecule has 3 atom stereocenters. The van der Waals surface area contributed by atoms with Gasteiger partial charge in [-0.3, -0.25) is 23.9 Å². The second-order valence-corrected chi connectivity index (χ2v) is 7.51. The molecule has 1 fully saturated rings. The molecule has 0 bridgehead atoms. The van der Waals surface area contributed by atoms with Gasteiger partial charge in [-0.2, -0.15) is 0 Å². The van der Waals surface area contributed by atoms with Gasteiger partial charge >= 0.3 is 17.6 Å². The predicted octanol–water partition coefficient (Wildman–Crippen LogP) is 2.44. The number of hydrogen-bond donors (Lipinski definition) is 1. The lowest BCUT2D eigenvalue weighted by atomic mass is 10.1. The van der Waals surface area contributed by atoms with Crippen molar-refractivity contribution in [2.45, 2.75) is 90.1 Å². The van der Waals surface area contributed by atoms with Gasteiger partial charge in [0.1, 0.15) is 25.0 Å². The fourth-order valence-electron chi connectivity index (χ4n) is 3.31. The summed E-state index contributed by atoms with van der Waals surface area (Å²) >= 11 is 0. The summed E-state index contributed by atoms with van der Waals surface area (Å²) in [5.41, 5.74) is -1.12. The van der Waals surface area contributed by atoms with Crippen LogP contribution in [-0.4, -0.2) is 40.3 Å². The monoisotopic (exact) mass is 424 g/mol. The molecule has 0 saturated carbocycles. The second kappa shape index (κ2) is 12.3. The van der Waals surface area contributed by atoms with Crippen LogP contribution >= 0.6 is 0 Å². The maximum absolute atomic E-state index is 12.2. The van der Waals surface area contributed by atoms with Crippen LogP contribution < -0.4 is 11.2 Å². The standard InChI is InChI=1S/C21H32N2O7/c1-3-5-7-9-19(25)28-14-16-15(30-20(26)10-8-6-4-2)13-18(29-16)23-12-11-17(24)22-21(23)27/h11-12,15-16,18H,3-10,13-14H2,1-2H3,(H,22,24,27)/t15-,16+,18+/m0/s1. The van der Waals surface area contributed by atoms with Gasteiger partial charge in [0.25, 0.3) is 5.56 Å². The fourth-order valence-corrected chi connectivity index (χ4v) is 3.31. The molecule has 1 saturated heterocycles. The third-order valence-corrected chi connectivity index (χ3v) is 5.00. The van der Waals surface area contributed by atoms with Gasteiger partial charge < -0.3 is 14.2 Å². The highest BCUT2D eigenvalue weighted by Gasteiger charge is 2.40. The van der Waals surface area contributed by atoms with E-state index in [1.54, 1.807) is 0 Å². The molecular formula is C21H32N2O7. The molecule has 9 nitrogen and oxygen atoms in total. The van der Waals surface area contributed by atoms with Gasteiger partial charge in [-0.1, -0.05) is 39.5 Å². The predicted molar refractivity (Wildman–Crippen MR) is 109 cm³/mol. The Balaban J connectivity index is 2.01. The molecule has 30 heavy (non-hydrogen) atoms. The zero-order chi connectivity index (χ0) is 21.9. The number of ether oxygens (including phenoxy) is 3. The summed E-state index contributed by atoms with van der Waals surface area (Å²) in [6.45, 7) is 4.04. The molecule has 0 radical (unpaired) electrons. The van der Waals surface area contributed by atoms with Crippen LogP contribution in [0, 0.1) is 0 Å². The average molecular weight is 424 g/mol. The number of nitrogens with zero attached hydrogens (tertiary/aromatic N) is 1. The van der Waals surface area contributed by atoms with Crippen molar-refractivity contribution in [3.05, 3.63) is 33.1 Å². The molecule has 0 amide bonds. The van der Waals surface area contributed by atoms with E-state index in [0.29, 0.717) is 12.8 Å². The van der Waals surface area contributed by atoms with Gasteiger partial charge in [0, 0.05) is 31.5 Å². The third kappa shape index (κ3) is 7.44. The number of H-pyrrole nitrogens is 1. The molecule has 0 spiro atoms. The van der Waals surface area contributed by atoms with Crippen molar-refractivity contribution in [3.8, 4) is 0 Å². The molecule has 9 heteroatoms. The fraction of sp³-hybridized carbons (Fsp3) is 0.714. The molecule has 2 rings (SSSR count). The second-order valence-electron chi connectivity index (χ2n) is 7.51. The van der Waals surface area contributed by atoms with E-state index in [1.807, 2.05) is 6.92 Å². The summed E-state index contributed by atoms with van der Waals surface area (Å²) in [4.78, 5) is 49.7. The number of nitrogens with one attached hydrogen (secondary N) is 1. The minimum absolute atomic E-state index is 0.0630. The zero-order valence-corrected chi connectivity index (χ0v) is 17.8. The van der Waals surface area contributed by atoms with Gasteiger partial charge in [-0.25, -0.2) is 4.79 Å². The van der Waals surface area contributed by atoms with Crippen molar-refractivity contribution in [2.75, 3.05) is 6.61 Å². The van der Waals surface area contributed by atoms with E-state index in [4.69, 9.17) is 14.2 Å². The van der Waals surface area contributed by atoms with Crippen LogP contribution in [0.3, 0.4) is 0 Å². The Kier molecular flexibility index (Phi) is 9.79. The highest BCUT2D eigenvalue weighted by molar-refractivity contribution is 5.70. The van der Waals surface area contributed by atoms with Crippen LogP contribution in [0.5, 0.6) is 0 Å². The molecular weight excluding hydrogens is 392 g/mol. The molecule has 1 N–H and O–H groups in total. The Bertz CT molecular complexity index is 801. The summed E-state index contributed by atoms with van der Waals surface area (Å²) in [6.07, 6.45) is 5.51. The summed E-state index contributed by atoms with van der Waals surface area (Å²) < 4.78 is 18.0. The van der Waals surface area contributed by atoms with Crippen molar-refractivity contribution >= 4 is 11.9 Å². The van der Waals surface area contributed by atoms with E-state index < -0.39 is 29.7 Å². The van der Waals surface area contributed by atoms with E-state index in [-0.39, 0.29) is 25.0 Å². The first-order chi connectivity index (χ1) is 14.4. The Labute approximate surface area is 175 Å². The number of aromatic nitrogens is 2. The van der Waals surface area contributed by atoms with Crippen molar-refractivity contribution in [2.24, 2.45) is 0 Å². The van der Waals surface area contributed by atoms with Gasteiger partial charge in [0.15, 0.2) is 0 Å². The molecule has 0 unspecified atom stereocenters. The van der Waals surface area contributed by atoms with Crippen LogP contribution in [0.2, 0.25) is 0 Å². The van der Waals surface area contributed by atoms with Crippen LogP contribution in [0.15, 0.2) is 21.9 Å². The van der Waals surface area contributed by atoms with Gasteiger partial charge in [0.05, 0.1) is 0 Å². The Morgan fingerprint density at radius 3 is 2.40 bits per heavy atom. The van der Waals surface area contributed by atoms with E-state index in [1.165, 1.54) is 16.8 Å². The highest BCUT2D eigenvalue weighted by Crippen LogP contribution is 2.30. The Hall–Kier alpha value is -2.42. The van der Waals surface area contributed by atoms with E-state index in [0.717, 1.165) is 38.5 Å². The summed E-state index contributed by atoms with van der Waals surface area (Å²) in [5.74, 6) is -0.671. The van der Waals surface area contributed by atoms with Crippen molar-refractivity contribution in [1.29, 1.82) is 0 Å². The molecule has 1 aliphatic rings. The van der Waals surface area contributed by atoms with Crippen LogP contribution in [-0.2, 0) is 23.8 Å². The summed E-state index contributed by atoms with van der Waals surface area (Å²) in [6, 6.07) is 1.22. The molecule has 0 aliphatic carbocycles. The average Bonchev–Trinajstić information content (AvgIpc) is 3.09. The van der Waals surface area contributed by atoms with Crippen molar-refractivity contribution < 1.29 is 23.8 Å². The first kappa shape index (κ1) is 23.9. The highest BCUT2D eigenvalue weighted by atomic mass is 16.6. The van der Waals surface area contributed by atoms with Gasteiger partial charge in [0.2, 0.25) is 0 Å². The number of carbonyl (C=O) groups excluding carboxylic acids is 2. The van der Waals surface area contributed by atoms with E-state index in [9.17, 15) is 19.2 Å². The first-order valence-corrected chi connectivity index (χ1v) is 10.8. The number of unbranched alkanes of at least 4 members (excludes halogenated alkanes) is 4. The third-order valence-electron chi connectivity index (χ3n) is 5.00. The topological polar surface area (TPSA) is 117 Å². The number of carbonyl (C=O) groups is 2. The first-order valence-electron chi connectivity index (χ1n) is 10.8. The molecule has 0 aromatic carbocycles.